The summed E-state index contributed by atoms with van der Waals surface area (Å²) in [6, 6.07) is 0.827. The minimum Gasteiger partial charge on any atom is -0.472 e. The van der Waals surface area contributed by atoms with E-state index in [1.807, 2.05) is 20.8 Å². The highest BCUT2D eigenvalue weighted by atomic mass is 28.4. The van der Waals surface area contributed by atoms with Crippen LogP contribution in [0.2, 0.25) is 36.3 Å². The fraction of sp³-hybridized carbons (Fsp3) is 0.769. The lowest BCUT2D eigenvalue weighted by atomic mass is 10.1. The monoisotopic (exact) mass is 524 g/mol. The minimum atomic E-state index is -2.31. The van der Waals surface area contributed by atoms with Gasteiger partial charge < -0.3 is 23.5 Å². The Labute approximate surface area is 214 Å². The van der Waals surface area contributed by atoms with Gasteiger partial charge in [0.25, 0.3) is 5.91 Å². The number of amides is 2. The average Bonchev–Trinajstić information content (AvgIpc) is 3.26. The van der Waals surface area contributed by atoms with Crippen LogP contribution in [0.1, 0.15) is 72.7 Å². The van der Waals surface area contributed by atoms with Gasteiger partial charge in [0, 0.05) is 12.1 Å². The van der Waals surface area contributed by atoms with Gasteiger partial charge in [-0.15, -0.1) is 0 Å². The first kappa shape index (κ1) is 29.8. The predicted octanol–water partition coefficient (Wildman–Crippen LogP) is 5.80. The van der Waals surface area contributed by atoms with Gasteiger partial charge in [0.2, 0.25) is 5.91 Å². The Bertz CT molecular complexity index is 892. The van der Waals surface area contributed by atoms with Gasteiger partial charge in [0.1, 0.15) is 18.4 Å². The van der Waals surface area contributed by atoms with E-state index in [2.05, 4.69) is 73.0 Å². The number of furan rings is 1. The normalized spacial score (nSPS) is 22.4. The highest BCUT2D eigenvalue weighted by Gasteiger charge is 2.55. The molecule has 200 valence electrons. The van der Waals surface area contributed by atoms with Gasteiger partial charge in [-0.1, -0.05) is 41.5 Å². The molecule has 35 heavy (non-hydrogen) atoms. The molecule has 3 atom stereocenters. The number of rotatable bonds is 6. The number of carbonyl (C=O) groups excluding carboxylic acids is 2. The summed E-state index contributed by atoms with van der Waals surface area (Å²) in [6.45, 7) is 28.0. The van der Waals surface area contributed by atoms with Crippen molar-refractivity contribution < 1.29 is 22.9 Å². The van der Waals surface area contributed by atoms with Crippen molar-refractivity contribution in [1.82, 2.24) is 10.2 Å². The predicted molar refractivity (Wildman–Crippen MR) is 146 cm³/mol. The molecule has 1 saturated heterocycles. The standard InChI is InChI=1S/C26H48N2O5Si2/c1-24(2,3)27-22(29)20-21(33-35(12,13)26(7,8)9)19(32-34(10,11)25(4,5)6)16-28(20)23(30)18-14-15-31-17-18/h14-15,17,19-21H,16H2,1-13H3,(H,27,29)/t19-,20?,21+/m0/s1. The summed E-state index contributed by atoms with van der Waals surface area (Å²) in [4.78, 5) is 29.0. The molecule has 1 N–H and O–H groups in total. The second kappa shape index (κ2) is 9.80. The highest BCUT2D eigenvalue weighted by molar-refractivity contribution is 6.74. The molecular formula is C26H48N2O5Si2. The Morgan fingerprint density at radius 1 is 0.943 bits per heavy atom. The number of carbonyl (C=O) groups is 2. The van der Waals surface area contributed by atoms with E-state index < -0.39 is 40.4 Å². The zero-order valence-electron chi connectivity index (χ0n) is 24.2. The minimum absolute atomic E-state index is 0.0281. The molecule has 0 aromatic carbocycles. The van der Waals surface area contributed by atoms with Crippen molar-refractivity contribution in [2.24, 2.45) is 0 Å². The van der Waals surface area contributed by atoms with E-state index >= 15 is 0 Å². The molecule has 1 fully saturated rings. The zero-order chi connectivity index (χ0) is 27.2. The maximum Gasteiger partial charge on any atom is 0.257 e. The lowest BCUT2D eigenvalue weighted by Crippen LogP contribution is -2.58. The number of hydrogen-bond donors (Lipinski definition) is 1. The van der Waals surface area contributed by atoms with Crippen molar-refractivity contribution in [3.63, 3.8) is 0 Å². The van der Waals surface area contributed by atoms with E-state index in [4.69, 9.17) is 13.3 Å². The van der Waals surface area contributed by atoms with Crippen LogP contribution in [0.5, 0.6) is 0 Å². The van der Waals surface area contributed by atoms with Crippen molar-refractivity contribution in [3.8, 4) is 0 Å². The molecule has 1 aliphatic heterocycles. The summed E-state index contributed by atoms with van der Waals surface area (Å²) >= 11 is 0. The van der Waals surface area contributed by atoms with Gasteiger partial charge in [-0.25, -0.2) is 0 Å². The van der Waals surface area contributed by atoms with Crippen LogP contribution in [0.4, 0.5) is 0 Å². The van der Waals surface area contributed by atoms with Crippen LogP contribution in [-0.4, -0.2) is 63.7 Å². The topological polar surface area (TPSA) is 81.0 Å². The molecular weight excluding hydrogens is 476 g/mol. The fourth-order valence-electron chi connectivity index (χ4n) is 3.60. The summed E-state index contributed by atoms with van der Waals surface area (Å²) in [7, 11) is -4.54. The summed E-state index contributed by atoms with van der Waals surface area (Å²) in [5.41, 5.74) is -0.0425. The largest absolute Gasteiger partial charge is 0.472 e. The third kappa shape index (κ3) is 6.87. The van der Waals surface area contributed by atoms with Crippen molar-refractivity contribution in [1.29, 1.82) is 0 Å². The molecule has 7 nitrogen and oxygen atoms in total. The molecule has 0 aliphatic carbocycles. The van der Waals surface area contributed by atoms with E-state index in [9.17, 15) is 9.59 Å². The number of hydrogen-bond acceptors (Lipinski definition) is 5. The molecule has 9 heteroatoms. The van der Waals surface area contributed by atoms with Crippen LogP contribution in [0.25, 0.3) is 0 Å². The Morgan fingerprint density at radius 2 is 1.46 bits per heavy atom. The van der Waals surface area contributed by atoms with E-state index in [1.54, 1.807) is 11.0 Å². The lowest BCUT2D eigenvalue weighted by molar-refractivity contribution is -0.129. The third-order valence-corrected chi connectivity index (χ3v) is 16.7. The van der Waals surface area contributed by atoms with Gasteiger partial charge >= 0.3 is 0 Å². The van der Waals surface area contributed by atoms with Gasteiger partial charge in [-0.2, -0.15) is 0 Å². The third-order valence-electron chi connectivity index (χ3n) is 7.67. The summed E-state index contributed by atoms with van der Waals surface area (Å²) in [5.74, 6) is -0.475. The van der Waals surface area contributed by atoms with Crippen molar-refractivity contribution in [3.05, 3.63) is 24.2 Å². The molecule has 2 heterocycles. The average molecular weight is 525 g/mol. The van der Waals surface area contributed by atoms with Gasteiger partial charge in [0.15, 0.2) is 16.6 Å². The second-order valence-electron chi connectivity index (χ2n) is 13.9. The van der Waals surface area contributed by atoms with Crippen LogP contribution in [-0.2, 0) is 13.6 Å². The van der Waals surface area contributed by atoms with E-state index in [0.717, 1.165) is 0 Å². The summed E-state index contributed by atoms with van der Waals surface area (Å²) in [6.07, 6.45) is 1.92. The van der Waals surface area contributed by atoms with Crippen molar-refractivity contribution in [2.45, 2.75) is 122 Å². The molecule has 2 rings (SSSR count). The molecule has 2 amide bonds. The van der Waals surface area contributed by atoms with Gasteiger partial charge in [-0.3, -0.25) is 9.59 Å². The first-order valence-electron chi connectivity index (χ1n) is 12.6. The van der Waals surface area contributed by atoms with Crippen molar-refractivity contribution >= 4 is 28.4 Å². The van der Waals surface area contributed by atoms with E-state index in [0.29, 0.717) is 5.56 Å². The van der Waals surface area contributed by atoms with Crippen LogP contribution in [0.15, 0.2) is 23.0 Å². The Kier molecular flexibility index (Phi) is 8.34. The number of nitrogens with one attached hydrogen (secondary N) is 1. The second-order valence-corrected chi connectivity index (χ2v) is 23.4. The molecule has 1 aromatic rings. The Hall–Kier alpha value is -1.43. The quantitative estimate of drug-likeness (QED) is 0.476. The Morgan fingerprint density at radius 3 is 1.89 bits per heavy atom. The summed E-state index contributed by atoms with van der Waals surface area (Å²) in [5, 5.41) is 3.00. The first-order chi connectivity index (χ1) is 15.6. The maximum atomic E-state index is 13.8. The van der Waals surface area contributed by atoms with Crippen LogP contribution in [0.3, 0.4) is 0 Å². The summed E-state index contributed by atoms with van der Waals surface area (Å²) < 4.78 is 19.0. The number of likely N-dealkylation sites (tertiary alicyclic amines) is 1. The number of nitrogens with zero attached hydrogens (tertiary/aromatic N) is 1. The lowest BCUT2D eigenvalue weighted by Gasteiger charge is -2.43. The molecule has 0 radical (unpaired) electrons. The van der Waals surface area contributed by atoms with E-state index in [1.165, 1.54) is 12.5 Å². The SMILES string of the molecule is CC(C)(C)NC(=O)C1[C@H](O[Si](C)(C)C(C)(C)C)[C@@H](O[Si](C)(C)C(C)(C)C)CN1C(=O)c1ccoc1. The molecule has 0 spiro atoms. The van der Waals surface area contributed by atoms with Crippen LogP contribution < -0.4 is 5.32 Å². The van der Waals surface area contributed by atoms with Crippen LogP contribution >= 0.6 is 0 Å². The highest BCUT2D eigenvalue weighted by Crippen LogP contribution is 2.43. The zero-order valence-corrected chi connectivity index (χ0v) is 26.2. The van der Waals surface area contributed by atoms with E-state index in [-0.39, 0.29) is 28.4 Å². The molecule has 1 aliphatic rings. The van der Waals surface area contributed by atoms with Gasteiger partial charge in [0.05, 0.1) is 17.9 Å². The first-order valence-corrected chi connectivity index (χ1v) is 18.4. The Balaban J connectivity index is 2.60. The molecule has 1 aromatic heterocycles. The molecule has 1 unspecified atom stereocenters. The molecule has 0 bridgehead atoms. The molecule has 0 saturated carbocycles. The smallest absolute Gasteiger partial charge is 0.257 e. The maximum absolute atomic E-state index is 13.8. The fourth-order valence-corrected chi connectivity index (χ4v) is 6.24. The van der Waals surface area contributed by atoms with Crippen molar-refractivity contribution in [2.75, 3.05) is 6.54 Å². The van der Waals surface area contributed by atoms with Crippen LogP contribution in [0, 0.1) is 0 Å². The van der Waals surface area contributed by atoms with Gasteiger partial charge in [-0.05, 0) is 63.1 Å².